The van der Waals surface area contributed by atoms with Gasteiger partial charge in [-0.05, 0) is 73.3 Å². The van der Waals surface area contributed by atoms with Gasteiger partial charge in [-0.2, -0.15) is 10.4 Å². The van der Waals surface area contributed by atoms with Crippen molar-refractivity contribution in [3.8, 4) is 17.2 Å². The first kappa shape index (κ1) is 20.7. The first-order valence-corrected chi connectivity index (χ1v) is 12.5. The van der Waals surface area contributed by atoms with Crippen LogP contribution in [-0.4, -0.2) is 52.2 Å². The number of nitriles is 1. The molecular formula is C28H28N6O. The normalized spacial score (nSPS) is 20.8. The number of anilines is 1. The molecule has 1 saturated carbocycles. The molecule has 3 fully saturated rings. The molecule has 1 aromatic carbocycles. The smallest absolute Gasteiger partial charge is 0.245 e. The molecule has 2 aliphatic heterocycles. The maximum absolute atomic E-state index is 12.0. The number of nitrogens with one attached hydrogen (secondary N) is 1. The van der Waals surface area contributed by atoms with Crippen molar-refractivity contribution in [1.29, 1.82) is 5.26 Å². The Hall–Kier alpha value is -3.66. The van der Waals surface area contributed by atoms with Gasteiger partial charge in [0.25, 0.3) is 0 Å². The zero-order chi connectivity index (χ0) is 23.9. The molecule has 2 saturated heterocycles. The Bertz CT molecular complexity index is 1470. The van der Waals surface area contributed by atoms with E-state index in [4.69, 9.17) is 4.98 Å². The second-order valence-corrected chi connectivity index (χ2v) is 11.2. The van der Waals surface area contributed by atoms with E-state index in [-0.39, 0.29) is 11.3 Å². The van der Waals surface area contributed by atoms with E-state index in [1.54, 1.807) is 0 Å². The molecule has 0 unspecified atom stereocenters. The fourth-order valence-electron chi connectivity index (χ4n) is 6.81. The lowest BCUT2D eigenvalue weighted by Crippen LogP contribution is -2.59. The van der Waals surface area contributed by atoms with E-state index in [0.29, 0.717) is 11.0 Å². The summed E-state index contributed by atoms with van der Waals surface area (Å²) in [6.07, 6.45) is 8.80. The number of hydrogen-bond donors (Lipinski definition) is 1. The van der Waals surface area contributed by atoms with Crippen molar-refractivity contribution in [3.05, 3.63) is 53.4 Å². The maximum Gasteiger partial charge on any atom is 0.245 e. The molecule has 2 aromatic heterocycles. The number of benzene rings is 1. The van der Waals surface area contributed by atoms with Crippen LogP contribution in [0.4, 0.5) is 5.82 Å². The third kappa shape index (κ3) is 2.92. The molecule has 7 heteroatoms. The molecule has 7 rings (SSSR count). The summed E-state index contributed by atoms with van der Waals surface area (Å²) in [5.74, 6) is 0.826. The summed E-state index contributed by atoms with van der Waals surface area (Å²) in [7, 11) is 0. The molecule has 1 amide bonds. The van der Waals surface area contributed by atoms with Crippen molar-refractivity contribution < 1.29 is 4.79 Å². The summed E-state index contributed by atoms with van der Waals surface area (Å²) < 4.78 is 0. The summed E-state index contributed by atoms with van der Waals surface area (Å²) in [6.45, 7) is 8.94. The number of aromatic nitrogens is 3. The molecule has 0 atom stereocenters. The molecule has 4 aliphatic rings. The minimum atomic E-state index is 0.00291. The number of H-pyrrole nitrogens is 1. The zero-order valence-electron chi connectivity index (χ0n) is 20.0. The molecule has 3 aromatic rings. The van der Waals surface area contributed by atoms with Crippen molar-refractivity contribution in [1.82, 2.24) is 20.1 Å². The first-order valence-electron chi connectivity index (χ1n) is 12.5. The predicted octanol–water partition coefficient (Wildman–Crippen LogP) is 3.91. The second-order valence-electron chi connectivity index (χ2n) is 11.2. The first-order chi connectivity index (χ1) is 16.9. The van der Waals surface area contributed by atoms with Crippen LogP contribution >= 0.6 is 0 Å². The van der Waals surface area contributed by atoms with Gasteiger partial charge in [0.15, 0.2) is 0 Å². The Labute approximate surface area is 204 Å². The fourth-order valence-corrected chi connectivity index (χ4v) is 6.81. The Morgan fingerprint density at radius 3 is 2.74 bits per heavy atom. The van der Waals surface area contributed by atoms with Crippen molar-refractivity contribution in [3.63, 3.8) is 0 Å². The van der Waals surface area contributed by atoms with Crippen LogP contribution in [0.3, 0.4) is 0 Å². The standard InChI is InChI=1S/C28H28N6O/c1-3-23(35)34-15-28(16-34)8-9-33(14-28)26-19(12-29)25(18-10-27(6-7-27)11-22(18)31-26)24-17(2)4-5-21-20(24)13-30-32-21/h3-5,13H,1,6-11,14-16H2,2H3,(H,30,32). The number of carbonyl (C=O) groups excluding carboxylic acids is 1. The number of amides is 1. The second kappa shape index (κ2) is 6.94. The van der Waals surface area contributed by atoms with E-state index in [1.807, 2.05) is 11.1 Å². The summed E-state index contributed by atoms with van der Waals surface area (Å²) in [6, 6.07) is 6.77. The van der Waals surface area contributed by atoms with E-state index < -0.39 is 0 Å². The Morgan fingerprint density at radius 1 is 1.17 bits per heavy atom. The van der Waals surface area contributed by atoms with Crippen molar-refractivity contribution in [2.24, 2.45) is 10.8 Å². The van der Waals surface area contributed by atoms with Crippen LogP contribution in [0.5, 0.6) is 0 Å². The van der Waals surface area contributed by atoms with Gasteiger partial charge in [-0.15, -0.1) is 0 Å². The molecule has 2 aliphatic carbocycles. The average Bonchev–Trinajstić information content (AvgIpc) is 3.21. The Morgan fingerprint density at radius 2 is 2.00 bits per heavy atom. The topological polar surface area (TPSA) is 88.9 Å². The molecule has 0 radical (unpaired) electrons. The van der Waals surface area contributed by atoms with E-state index in [0.717, 1.165) is 78.9 Å². The number of aryl methyl sites for hydroxylation is 1. The Kier molecular flexibility index (Phi) is 4.10. The molecule has 4 heterocycles. The third-order valence-corrected chi connectivity index (χ3v) is 8.89. The largest absolute Gasteiger partial charge is 0.355 e. The molecule has 1 N–H and O–H groups in total. The average molecular weight is 465 g/mol. The van der Waals surface area contributed by atoms with E-state index >= 15 is 0 Å². The molecule has 7 nitrogen and oxygen atoms in total. The zero-order valence-corrected chi connectivity index (χ0v) is 20.0. The number of aromatic amines is 1. The fraction of sp³-hybridized carbons (Fsp3) is 0.429. The lowest BCUT2D eigenvalue weighted by Gasteiger charge is -2.47. The monoisotopic (exact) mass is 464 g/mol. The van der Waals surface area contributed by atoms with Crippen molar-refractivity contribution in [2.45, 2.75) is 39.0 Å². The molecule has 176 valence electrons. The van der Waals surface area contributed by atoms with Crippen LogP contribution < -0.4 is 4.90 Å². The Balaban J connectivity index is 1.36. The number of likely N-dealkylation sites (tertiary alicyclic amines) is 1. The van der Waals surface area contributed by atoms with E-state index in [9.17, 15) is 10.1 Å². The minimum Gasteiger partial charge on any atom is -0.355 e. The van der Waals surface area contributed by atoms with Crippen molar-refractivity contribution >= 4 is 22.6 Å². The van der Waals surface area contributed by atoms with Crippen LogP contribution in [0.25, 0.3) is 22.0 Å². The van der Waals surface area contributed by atoms with Gasteiger partial charge in [0.2, 0.25) is 5.91 Å². The molecule has 2 spiro atoms. The van der Waals surface area contributed by atoms with Crippen LogP contribution in [0, 0.1) is 29.1 Å². The molecule has 0 bridgehead atoms. The van der Waals surface area contributed by atoms with Crippen LogP contribution in [0.15, 0.2) is 31.0 Å². The summed E-state index contributed by atoms with van der Waals surface area (Å²) in [4.78, 5) is 21.4. The van der Waals surface area contributed by atoms with Gasteiger partial charge in [-0.25, -0.2) is 4.98 Å². The summed E-state index contributed by atoms with van der Waals surface area (Å²) >= 11 is 0. The van der Waals surface area contributed by atoms with Gasteiger partial charge in [-0.3, -0.25) is 9.89 Å². The van der Waals surface area contributed by atoms with Gasteiger partial charge in [0, 0.05) is 48.2 Å². The number of fused-ring (bicyclic) bond motifs is 2. The number of hydrogen-bond acceptors (Lipinski definition) is 5. The summed E-state index contributed by atoms with van der Waals surface area (Å²) in [5.41, 5.74) is 7.89. The highest BCUT2D eigenvalue weighted by molar-refractivity contribution is 5.99. The van der Waals surface area contributed by atoms with Crippen LogP contribution in [0.1, 0.15) is 41.6 Å². The minimum absolute atomic E-state index is 0.00291. The van der Waals surface area contributed by atoms with Gasteiger partial charge in [-0.1, -0.05) is 12.6 Å². The van der Waals surface area contributed by atoms with Crippen molar-refractivity contribution in [2.75, 3.05) is 31.1 Å². The highest BCUT2D eigenvalue weighted by Crippen LogP contribution is 2.58. The quantitative estimate of drug-likeness (QED) is 0.594. The van der Waals surface area contributed by atoms with Crippen LogP contribution in [0.2, 0.25) is 0 Å². The summed E-state index contributed by atoms with van der Waals surface area (Å²) in [5, 5.41) is 19.0. The van der Waals surface area contributed by atoms with E-state index in [2.05, 4.69) is 46.8 Å². The SMILES string of the molecule is C=CC(=O)N1CC2(CCN(c3nc4c(c(-c5c(C)ccc6[nH]ncc56)c3C#N)CC3(CC3)C4)C2)C1. The lowest BCUT2D eigenvalue weighted by atomic mass is 9.79. The highest BCUT2D eigenvalue weighted by atomic mass is 16.2. The van der Waals surface area contributed by atoms with Gasteiger partial charge in [0.1, 0.15) is 17.5 Å². The van der Waals surface area contributed by atoms with Gasteiger partial charge < -0.3 is 9.80 Å². The number of pyridine rings is 1. The maximum atomic E-state index is 12.0. The molecule has 35 heavy (non-hydrogen) atoms. The highest BCUT2D eigenvalue weighted by Gasteiger charge is 2.51. The lowest BCUT2D eigenvalue weighted by molar-refractivity contribution is -0.136. The molecular weight excluding hydrogens is 436 g/mol. The number of rotatable bonds is 3. The number of carbonyl (C=O) groups is 1. The third-order valence-electron chi connectivity index (χ3n) is 8.89. The van der Waals surface area contributed by atoms with Crippen LogP contribution in [-0.2, 0) is 17.6 Å². The van der Waals surface area contributed by atoms with Gasteiger partial charge in [0.05, 0.1) is 11.7 Å². The van der Waals surface area contributed by atoms with Gasteiger partial charge >= 0.3 is 0 Å². The van der Waals surface area contributed by atoms with E-state index in [1.165, 1.54) is 30.2 Å². The predicted molar refractivity (Wildman–Crippen MR) is 134 cm³/mol. The number of nitrogens with zero attached hydrogens (tertiary/aromatic N) is 5.